The quantitative estimate of drug-likeness (QED) is 0.215. The summed E-state index contributed by atoms with van der Waals surface area (Å²) in [5.74, 6) is 0. The topological polar surface area (TPSA) is 12.0 Å². The third-order valence-electron chi connectivity index (χ3n) is 7.96. The maximum Gasteiger partial charge on any atom is 0.0352 e. The SMILES string of the molecule is CCNc1cc(-c2ccc3c(c2)Sc2ccccc2S3)cc(-c2ccc3c4ccccc4c4ccccc4c3c2)c1. The van der Waals surface area contributed by atoms with Gasteiger partial charge < -0.3 is 5.32 Å². The second-order valence-electron chi connectivity index (χ2n) is 10.5. The molecule has 7 aromatic rings. The largest absolute Gasteiger partial charge is 0.385 e. The van der Waals surface area contributed by atoms with E-state index in [0.29, 0.717) is 0 Å². The highest BCUT2D eigenvalue weighted by Crippen LogP contribution is 2.49. The summed E-state index contributed by atoms with van der Waals surface area (Å²) in [4.78, 5) is 5.32. The monoisotopic (exact) mass is 561 g/mol. The van der Waals surface area contributed by atoms with Gasteiger partial charge in [0.1, 0.15) is 0 Å². The lowest BCUT2D eigenvalue weighted by Crippen LogP contribution is -1.97. The van der Waals surface area contributed by atoms with Crippen LogP contribution in [0.4, 0.5) is 5.69 Å². The van der Waals surface area contributed by atoms with Crippen molar-refractivity contribution in [2.75, 3.05) is 11.9 Å². The minimum Gasteiger partial charge on any atom is -0.385 e. The van der Waals surface area contributed by atoms with Crippen LogP contribution >= 0.6 is 23.5 Å². The van der Waals surface area contributed by atoms with Crippen LogP contribution in [-0.2, 0) is 0 Å². The summed E-state index contributed by atoms with van der Waals surface area (Å²) >= 11 is 3.74. The fraction of sp³-hybridized carbons (Fsp3) is 0.0526. The summed E-state index contributed by atoms with van der Waals surface area (Å²) < 4.78 is 0. The summed E-state index contributed by atoms with van der Waals surface area (Å²) in [6.07, 6.45) is 0. The Morgan fingerprint density at radius 2 is 0.902 bits per heavy atom. The fourth-order valence-corrected chi connectivity index (χ4v) is 8.32. The van der Waals surface area contributed by atoms with Crippen LogP contribution < -0.4 is 5.32 Å². The maximum absolute atomic E-state index is 3.58. The molecule has 1 nitrogen and oxygen atoms in total. The summed E-state index contributed by atoms with van der Waals surface area (Å²) in [6, 6.07) is 47.1. The number of fused-ring (bicyclic) bond motifs is 8. The number of hydrogen-bond acceptors (Lipinski definition) is 3. The Morgan fingerprint density at radius 1 is 0.415 bits per heavy atom. The van der Waals surface area contributed by atoms with E-state index in [9.17, 15) is 0 Å². The Hall–Kier alpha value is -4.18. The van der Waals surface area contributed by atoms with E-state index in [1.54, 1.807) is 0 Å². The van der Waals surface area contributed by atoms with Gasteiger partial charge >= 0.3 is 0 Å². The van der Waals surface area contributed by atoms with Crippen LogP contribution in [0.2, 0.25) is 0 Å². The van der Waals surface area contributed by atoms with Crippen molar-refractivity contribution in [3.63, 3.8) is 0 Å². The molecule has 1 N–H and O–H groups in total. The van der Waals surface area contributed by atoms with Gasteiger partial charge in [0.25, 0.3) is 0 Å². The number of hydrogen-bond donors (Lipinski definition) is 1. The predicted molar refractivity (Wildman–Crippen MR) is 179 cm³/mol. The lowest BCUT2D eigenvalue weighted by Gasteiger charge is -2.19. The number of rotatable bonds is 4. The molecule has 0 aliphatic carbocycles. The first-order valence-electron chi connectivity index (χ1n) is 14.1. The minimum atomic E-state index is 0.880. The van der Waals surface area contributed by atoms with E-state index >= 15 is 0 Å². The Morgan fingerprint density at radius 3 is 1.54 bits per heavy atom. The molecule has 0 radical (unpaired) electrons. The van der Waals surface area contributed by atoms with Crippen molar-refractivity contribution in [2.24, 2.45) is 0 Å². The second kappa shape index (κ2) is 10.0. The maximum atomic E-state index is 3.58. The molecular weight excluding hydrogens is 535 g/mol. The van der Waals surface area contributed by atoms with Crippen LogP contribution in [0.5, 0.6) is 0 Å². The molecule has 1 heterocycles. The van der Waals surface area contributed by atoms with Gasteiger partial charge in [-0.15, -0.1) is 0 Å². The molecule has 3 heteroatoms. The van der Waals surface area contributed by atoms with Crippen LogP contribution in [-0.4, -0.2) is 6.54 Å². The van der Waals surface area contributed by atoms with Crippen molar-refractivity contribution < 1.29 is 0 Å². The first-order valence-corrected chi connectivity index (χ1v) is 15.7. The molecule has 0 saturated carbocycles. The number of anilines is 1. The molecule has 0 atom stereocenters. The van der Waals surface area contributed by atoms with Gasteiger partial charge in [0, 0.05) is 31.8 Å². The molecule has 8 rings (SSSR count). The van der Waals surface area contributed by atoms with Gasteiger partial charge in [-0.1, -0.05) is 102 Å². The summed E-state index contributed by atoms with van der Waals surface area (Å²) in [5.41, 5.74) is 6.08. The van der Waals surface area contributed by atoms with Crippen LogP contribution in [0, 0.1) is 0 Å². The van der Waals surface area contributed by atoms with Crippen molar-refractivity contribution >= 4 is 61.5 Å². The molecule has 0 unspecified atom stereocenters. The summed E-state index contributed by atoms with van der Waals surface area (Å²) in [6.45, 7) is 3.04. The molecule has 0 amide bonds. The van der Waals surface area contributed by atoms with Crippen LogP contribution in [0.1, 0.15) is 6.92 Å². The average molecular weight is 562 g/mol. The Kier molecular flexibility index (Phi) is 6.02. The van der Waals surface area contributed by atoms with Crippen molar-refractivity contribution in [1.29, 1.82) is 0 Å². The molecule has 41 heavy (non-hydrogen) atoms. The number of nitrogens with one attached hydrogen (secondary N) is 1. The van der Waals surface area contributed by atoms with Crippen LogP contribution in [0.25, 0.3) is 54.6 Å². The Labute approximate surface area is 248 Å². The first kappa shape index (κ1) is 24.6. The van der Waals surface area contributed by atoms with E-state index in [0.717, 1.165) is 12.2 Å². The molecule has 7 aromatic carbocycles. The second-order valence-corrected chi connectivity index (χ2v) is 12.7. The van der Waals surface area contributed by atoms with Crippen molar-refractivity contribution in [2.45, 2.75) is 26.5 Å². The van der Waals surface area contributed by atoms with Crippen molar-refractivity contribution in [3.05, 3.63) is 127 Å². The van der Waals surface area contributed by atoms with E-state index in [4.69, 9.17) is 0 Å². The zero-order chi connectivity index (χ0) is 27.3. The normalized spacial score (nSPS) is 12.4. The van der Waals surface area contributed by atoms with E-state index in [1.165, 1.54) is 74.2 Å². The van der Waals surface area contributed by atoms with Gasteiger partial charge in [-0.25, -0.2) is 0 Å². The lowest BCUT2D eigenvalue weighted by molar-refractivity contribution is 1.16. The molecule has 0 bridgehead atoms. The summed E-state index contributed by atoms with van der Waals surface area (Å²) in [7, 11) is 0. The van der Waals surface area contributed by atoms with Gasteiger partial charge in [-0.2, -0.15) is 0 Å². The van der Waals surface area contributed by atoms with Gasteiger partial charge in [0.05, 0.1) is 0 Å². The van der Waals surface area contributed by atoms with E-state index in [1.807, 2.05) is 23.5 Å². The number of benzene rings is 7. The Bertz CT molecular complexity index is 2090. The van der Waals surface area contributed by atoms with Crippen molar-refractivity contribution in [3.8, 4) is 22.3 Å². The average Bonchev–Trinajstić information content (AvgIpc) is 3.03. The molecule has 0 fully saturated rings. The first-order chi connectivity index (χ1) is 20.2. The van der Waals surface area contributed by atoms with E-state index < -0.39 is 0 Å². The van der Waals surface area contributed by atoms with Crippen LogP contribution in [0.3, 0.4) is 0 Å². The third-order valence-corrected chi connectivity index (χ3v) is 10.5. The summed E-state index contributed by atoms with van der Waals surface area (Å²) in [5, 5.41) is 11.4. The molecule has 0 spiro atoms. The molecular formula is C38H27NS2. The fourth-order valence-electron chi connectivity index (χ4n) is 6.06. The molecule has 196 valence electrons. The molecule has 0 aromatic heterocycles. The van der Waals surface area contributed by atoms with Gasteiger partial charge in [0.2, 0.25) is 0 Å². The van der Waals surface area contributed by atoms with Gasteiger partial charge in [0.15, 0.2) is 0 Å². The minimum absolute atomic E-state index is 0.880. The van der Waals surface area contributed by atoms with Crippen molar-refractivity contribution in [1.82, 2.24) is 0 Å². The predicted octanol–water partition coefficient (Wildman–Crippen LogP) is 11.5. The van der Waals surface area contributed by atoms with E-state index in [2.05, 4.69) is 140 Å². The molecule has 1 aliphatic heterocycles. The standard InChI is InChI=1S/C38H27NS2/c1-2-39-28-20-26(19-27(21-28)25-16-18-37-38(23-25)41-36-14-8-7-13-35(36)40-37)24-15-17-33-31-11-4-3-9-29(31)30-10-5-6-12-32(30)34(33)22-24/h3-23,39H,2H2,1H3. The third kappa shape index (κ3) is 4.28. The van der Waals surface area contributed by atoms with Gasteiger partial charge in [-0.3, -0.25) is 0 Å². The van der Waals surface area contributed by atoms with E-state index in [-0.39, 0.29) is 0 Å². The highest BCUT2D eigenvalue weighted by molar-refractivity contribution is 8.05. The molecule has 0 saturated heterocycles. The smallest absolute Gasteiger partial charge is 0.0352 e. The highest BCUT2D eigenvalue weighted by atomic mass is 32.2. The zero-order valence-electron chi connectivity index (χ0n) is 22.6. The van der Waals surface area contributed by atoms with Gasteiger partial charge in [-0.05, 0) is 110 Å². The van der Waals surface area contributed by atoms with Crippen LogP contribution in [0.15, 0.2) is 147 Å². The lowest BCUT2D eigenvalue weighted by atomic mass is 9.91. The Balaban J connectivity index is 1.28. The highest BCUT2D eigenvalue weighted by Gasteiger charge is 2.18. The zero-order valence-corrected chi connectivity index (χ0v) is 24.3. The molecule has 1 aliphatic rings.